The Balaban J connectivity index is 2.42. The van der Waals surface area contributed by atoms with Crippen LogP contribution in [-0.4, -0.2) is 31.1 Å². The lowest BCUT2D eigenvalue weighted by atomic mass is 10.3. The molecule has 0 bridgehead atoms. The predicted octanol–water partition coefficient (Wildman–Crippen LogP) is 1.38. The second kappa shape index (κ2) is 4.77. The number of nitrogens with zero attached hydrogens (tertiary/aromatic N) is 2. The maximum Gasteiger partial charge on any atom is 0.307 e. The van der Waals surface area contributed by atoms with Crippen molar-refractivity contribution in [2.45, 2.75) is 11.7 Å². The molecule has 104 valence electrons. The monoisotopic (exact) mass is 327 g/mol. The van der Waals surface area contributed by atoms with Gasteiger partial charge in [0.15, 0.2) is 5.15 Å². The lowest BCUT2D eigenvalue weighted by molar-refractivity contribution is -0.117. The Morgan fingerprint density at radius 3 is 2.58 bits per heavy atom. The second-order valence-corrected chi connectivity index (χ2v) is 6.34. The second-order valence-electron chi connectivity index (χ2n) is 3.98. The summed E-state index contributed by atoms with van der Waals surface area (Å²) in [5.41, 5.74) is 5.78. The van der Waals surface area contributed by atoms with Crippen molar-refractivity contribution in [2.75, 3.05) is 17.2 Å². The van der Waals surface area contributed by atoms with Gasteiger partial charge in [-0.2, -0.15) is 8.42 Å². The van der Waals surface area contributed by atoms with Crippen LogP contribution >= 0.6 is 23.2 Å². The molecule has 10 heteroatoms. The SMILES string of the molecule is Nc1cc(Cl)nc(Cl)c1N1CC(S(=O)(=O)F)CC1=O. The fourth-order valence-electron chi connectivity index (χ4n) is 1.84. The third-order valence-electron chi connectivity index (χ3n) is 2.71. The first kappa shape index (κ1) is 14.3. The van der Waals surface area contributed by atoms with E-state index in [1.54, 1.807) is 0 Å². The molecule has 1 aromatic heterocycles. The number of nitrogens with two attached hydrogens (primary N) is 1. The summed E-state index contributed by atoms with van der Waals surface area (Å²) in [6.07, 6.45) is -0.461. The minimum absolute atomic E-state index is 0.0348. The maximum absolute atomic E-state index is 12.9. The number of nitrogen functional groups attached to an aromatic ring is 1. The molecule has 1 fully saturated rings. The van der Waals surface area contributed by atoms with Crippen molar-refractivity contribution in [1.82, 2.24) is 4.98 Å². The number of aromatic nitrogens is 1. The molecule has 1 unspecified atom stereocenters. The van der Waals surface area contributed by atoms with Crippen molar-refractivity contribution < 1.29 is 17.1 Å². The van der Waals surface area contributed by atoms with Gasteiger partial charge in [-0.05, 0) is 0 Å². The van der Waals surface area contributed by atoms with Gasteiger partial charge in [-0.15, -0.1) is 3.89 Å². The summed E-state index contributed by atoms with van der Waals surface area (Å²) in [5.74, 6) is -0.594. The van der Waals surface area contributed by atoms with Gasteiger partial charge in [-0.1, -0.05) is 23.2 Å². The number of carbonyl (C=O) groups excluding carboxylic acids is 1. The van der Waals surface area contributed by atoms with Crippen LogP contribution in [0.5, 0.6) is 0 Å². The Morgan fingerprint density at radius 2 is 2.11 bits per heavy atom. The van der Waals surface area contributed by atoms with Crippen molar-refractivity contribution >= 4 is 50.7 Å². The number of pyridine rings is 1. The Hall–Kier alpha value is -1.12. The number of hydrogen-bond donors (Lipinski definition) is 1. The molecule has 2 N–H and O–H groups in total. The molecule has 1 amide bonds. The van der Waals surface area contributed by atoms with Gasteiger partial charge in [-0.25, -0.2) is 4.98 Å². The first-order chi connectivity index (χ1) is 8.70. The molecule has 2 heterocycles. The van der Waals surface area contributed by atoms with Crippen LogP contribution in [0.2, 0.25) is 10.3 Å². The summed E-state index contributed by atoms with van der Waals surface area (Å²) >= 11 is 11.5. The molecule has 1 atom stereocenters. The summed E-state index contributed by atoms with van der Waals surface area (Å²) in [6.45, 7) is -0.356. The number of rotatable bonds is 2. The number of hydrogen-bond acceptors (Lipinski definition) is 5. The van der Waals surface area contributed by atoms with E-state index in [2.05, 4.69) is 4.98 Å². The standard InChI is InChI=1S/C9H8Cl2FN3O3S/c10-6-2-5(13)8(9(11)14-6)15-3-4(1-7(15)16)19(12,17)18/h2,4H,1,3H2,(H2,13,14). The summed E-state index contributed by atoms with van der Waals surface area (Å²) in [4.78, 5) is 16.5. The van der Waals surface area contributed by atoms with Crippen LogP contribution in [0, 0.1) is 0 Å². The van der Waals surface area contributed by atoms with E-state index in [4.69, 9.17) is 28.9 Å². The summed E-state index contributed by atoms with van der Waals surface area (Å²) in [7, 11) is -4.80. The Bertz CT molecular complexity index is 629. The van der Waals surface area contributed by atoms with Crippen molar-refractivity contribution in [3.8, 4) is 0 Å². The van der Waals surface area contributed by atoms with Crippen LogP contribution in [0.15, 0.2) is 6.07 Å². The van der Waals surface area contributed by atoms with Crippen LogP contribution in [0.25, 0.3) is 0 Å². The Kier molecular flexibility index (Phi) is 3.59. The zero-order chi connectivity index (χ0) is 14.4. The molecule has 0 aliphatic carbocycles. The average Bonchev–Trinajstić information content (AvgIpc) is 2.59. The van der Waals surface area contributed by atoms with Crippen molar-refractivity contribution in [2.24, 2.45) is 0 Å². The fraction of sp³-hybridized carbons (Fsp3) is 0.333. The molecule has 1 saturated heterocycles. The van der Waals surface area contributed by atoms with Gasteiger partial charge in [0.25, 0.3) is 0 Å². The van der Waals surface area contributed by atoms with Crippen LogP contribution in [0.1, 0.15) is 6.42 Å². The fourth-order valence-corrected chi connectivity index (χ4v) is 3.06. The van der Waals surface area contributed by atoms with E-state index in [-0.39, 0.29) is 28.2 Å². The zero-order valence-electron chi connectivity index (χ0n) is 9.31. The molecule has 0 saturated carbocycles. The third kappa shape index (κ3) is 2.75. The summed E-state index contributed by atoms with van der Waals surface area (Å²) in [5, 5.41) is -1.53. The van der Waals surface area contributed by atoms with E-state index in [0.29, 0.717) is 0 Å². The normalized spacial score (nSPS) is 20.1. The van der Waals surface area contributed by atoms with E-state index >= 15 is 0 Å². The van der Waals surface area contributed by atoms with E-state index < -0.39 is 27.8 Å². The van der Waals surface area contributed by atoms with Crippen LogP contribution in [0.3, 0.4) is 0 Å². The Labute approximate surface area is 118 Å². The molecule has 19 heavy (non-hydrogen) atoms. The smallest absolute Gasteiger partial charge is 0.307 e. The highest BCUT2D eigenvalue weighted by molar-refractivity contribution is 7.87. The molecule has 1 aromatic rings. The van der Waals surface area contributed by atoms with Gasteiger partial charge < -0.3 is 10.6 Å². The highest BCUT2D eigenvalue weighted by Gasteiger charge is 2.40. The molecule has 1 aliphatic rings. The third-order valence-corrected chi connectivity index (χ3v) is 4.28. The average molecular weight is 328 g/mol. The van der Waals surface area contributed by atoms with Crippen LogP contribution < -0.4 is 10.6 Å². The highest BCUT2D eigenvalue weighted by Crippen LogP contribution is 2.36. The minimum atomic E-state index is -4.80. The van der Waals surface area contributed by atoms with E-state index in [9.17, 15) is 17.1 Å². The summed E-state index contributed by atoms with van der Waals surface area (Å²) in [6, 6.07) is 1.27. The first-order valence-corrected chi connectivity index (χ1v) is 7.25. The molecule has 0 aromatic carbocycles. The highest BCUT2D eigenvalue weighted by atomic mass is 35.5. The quantitative estimate of drug-likeness (QED) is 0.654. The topological polar surface area (TPSA) is 93.4 Å². The summed E-state index contributed by atoms with van der Waals surface area (Å²) < 4.78 is 34.6. The van der Waals surface area contributed by atoms with E-state index in [1.165, 1.54) is 6.07 Å². The van der Waals surface area contributed by atoms with Crippen LogP contribution in [-0.2, 0) is 15.0 Å². The van der Waals surface area contributed by atoms with Crippen molar-refractivity contribution in [3.63, 3.8) is 0 Å². The largest absolute Gasteiger partial charge is 0.397 e. The number of carbonyl (C=O) groups is 1. The zero-order valence-corrected chi connectivity index (χ0v) is 11.6. The molecular weight excluding hydrogens is 320 g/mol. The predicted molar refractivity (Wildman–Crippen MR) is 69.5 cm³/mol. The van der Waals surface area contributed by atoms with Gasteiger partial charge in [0.1, 0.15) is 16.1 Å². The first-order valence-electron chi connectivity index (χ1n) is 5.05. The maximum atomic E-state index is 12.9. The van der Waals surface area contributed by atoms with E-state index in [0.717, 1.165) is 4.90 Å². The van der Waals surface area contributed by atoms with Gasteiger partial charge >= 0.3 is 10.2 Å². The van der Waals surface area contributed by atoms with Crippen molar-refractivity contribution in [1.29, 1.82) is 0 Å². The van der Waals surface area contributed by atoms with E-state index in [1.807, 2.05) is 0 Å². The Morgan fingerprint density at radius 1 is 1.47 bits per heavy atom. The number of anilines is 2. The lowest BCUT2D eigenvalue weighted by Gasteiger charge is -2.19. The molecule has 0 spiro atoms. The number of amides is 1. The van der Waals surface area contributed by atoms with Gasteiger partial charge in [-0.3, -0.25) is 4.79 Å². The number of halogens is 3. The van der Waals surface area contributed by atoms with Crippen LogP contribution in [0.4, 0.5) is 15.3 Å². The van der Waals surface area contributed by atoms with Crippen molar-refractivity contribution in [3.05, 3.63) is 16.4 Å². The van der Waals surface area contributed by atoms with Gasteiger partial charge in [0.2, 0.25) is 5.91 Å². The molecule has 1 aliphatic heterocycles. The minimum Gasteiger partial charge on any atom is -0.397 e. The molecule has 6 nitrogen and oxygen atoms in total. The molecule has 2 rings (SSSR count). The van der Waals surface area contributed by atoms with Gasteiger partial charge in [0, 0.05) is 19.0 Å². The lowest BCUT2D eigenvalue weighted by Crippen LogP contribution is -2.28. The molecular formula is C9H8Cl2FN3O3S. The molecule has 0 radical (unpaired) electrons. The van der Waals surface area contributed by atoms with Gasteiger partial charge in [0.05, 0.1) is 5.69 Å².